The summed E-state index contributed by atoms with van der Waals surface area (Å²) in [4.78, 5) is 30.4. The summed E-state index contributed by atoms with van der Waals surface area (Å²) in [5.74, 6) is -0.0655. The summed E-state index contributed by atoms with van der Waals surface area (Å²) in [6.07, 6.45) is 1.90. The molecule has 0 unspecified atom stereocenters. The van der Waals surface area contributed by atoms with Gasteiger partial charge in [0.2, 0.25) is 5.91 Å². The maximum atomic E-state index is 12.5. The number of benzene rings is 1. The van der Waals surface area contributed by atoms with E-state index in [2.05, 4.69) is 15.6 Å². The van der Waals surface area contributed by atoms with Crippen molar-refractivity contribution in [2.45, 2.75) is 19.8 Å². The lowest BCUT2D eigenvalue weighted by Gasteiger charge is -2.00. The van der Waals surface area contributed by atoms with Gasteiger partial charge in [0.25, 0.3) is 5.91 Å². The van der Waals surface area contributed by atoms with Crippen LogP contribution in [0.25, 0.3) is 11.3 Å². The van der Waals surface area contributed by atoms with E-state index in [1.807, 2.05) is 31.2 Å². The fraction of sp³-hybridized carbons (Fsp3) is 0.211. The molecule has 0 saturated heterocycles. The molecule has 1 aliphatic carbocycles. The van der Waals surface area contributed by atoms with Gasteiger partial charge in [0.15, 0.2) is 5.13 Å². The summed E-state index contributed by atoms with van der Waals surface area (Å²) < 4.78 is 0. The lowest BCUT2D eigenvalue weighted by molar-refractivity contribution is -0.117. The van der Waals surface area contributed by atoms with Crippen LogP contribution in [-0.2, 0) is 4.79 Å². The molecule has 0 radical (unpaired) electrons. The molecule has 1 aliphatic rings. The molecule has 0 aliphatic heterocycles. The molecule has 1 aromatic carbocycles. The predicted octanol–water partition coefficient (Wildman–Crippen LogP) is 5.43. The van der Waals surface area contributed by atoms with Crippen LogP contribution in [0, 0.1) is 12.8 Å². The van der Waals surface area contributed by atoms with E-state index in [1.54, 1.807) is 12.1 Å². The van der Waals surface area contributed by atoms with E-state index in [9.17, 15) is 9.59 Å². The van der Waals surface area contributed by atoms with Crippen LogP contribution >= 0.6 is 34.3 Å². The van der Waals surface area contributed by atoms with Crippen molar-refractivity contribution in [2.24, 2.45) is 5.92 Å². The number of anilines is 2. The molecule has 138 valence electrons. The summed E-state index contributed by atoms with van der Waals surface area (Å²) in [6.45, 7) is 1.97. The number of carbonyl (C=O) groups excluding carboxylic acids is 2. The van der Waals surface area contributed by atoms with E-state index in [0.717, 1.165) is 29.0 Å². The van der Waals surface area contributed by atoms with Gasteiger partial charge in [-0.25, -0.2) is 4.98 Å². The average Bonchev–Trinajstić information content (AvgIpc) is 3.29. The Bertz CT molecular complexity index is 1010. The first-order valence-corrected chi connectivity index (χ1v) is 10.5. The molecule has 0 spiro atoms. The first-order chi connectivity index (χ1) is 13.0. The second kappa shape index (κ2) is 7.42. The molecule has 1 saturated carbocycles. The van der Waals surface area contributed by atoms with Gasteiger partial charge in [0.05, 0.1) is 15.6 Å². The van der Waals surface area contributed by atoms with Crippen LogP contribution in [0.5, 0.6) is 0 Å². The van der Waals surface area contributed by atoms with Gasteiger partial charge < -0.3 is 5.32 Å². The van der Waals surface area contributed by atoms with Crippen molar-refractivity contribution in [3.8, 4) is 11.3 Å². The van der Waals surface area contributed by atoms with Gasteiger partial charge in [-0.15, -0.1) is 22.7 Å². The van der Waals surface area contributed by atoms with Gasteiger partial charge in [-0.2, -0.15) is 0 Å². The Hall–Kier alpha value is -2.22. The minimum Gasteiger partial charge on any atom is -0.317 e. The molecule has 1 fully saturated rings. The van der Waals surface area contributed by atoms with Crippen molar-refractivity contribution in [1.82, 2.24) is 4.98 Å². The van der Waals surface area contributed by atoms with E-state index in [-0.39, 0.29) is 17.7 Å². The summed E-state index contributed by atoms with van der Waals surface area (Å²) >= 11 is 8.62. The van der Waals surface area contributed by atoms with Gasteiger partial charge in [-0.1, -0.05) is 23.7 Å². The first kappa shape index (κ1) is 18.2. The average molecular weight is 418 g/mol. The highest BCUT2D eigenvalue weighted by molar-refractivity contribution is 7.18. The van der Waals surface area contributed by atoms with E-state index in [1.165, 1.54) is 22.7 Å². The zero-order valence-corrected chi connectivity index (χ0v) is 16.8. The predicted molar refractivity (Wildman–Crippen MR) is 111 cm³/mol. The number of aromatic nitrogens is 1. The van der Waals surface area contributed by atoms with E-state index in [0.29, 0.717) is 20.0 Å². The quantitative estimate of drug-likeness (QED) is 0.581. The SMILES string of the molecule is Cc1sc(NC(=O)c2ccc(NC(=O)C3CC3)s2)nc1-c1ccc(Cl)cc1. The second-order valence-electron chi connectivity index (χ2n) is 6.31. The van der Waals surface area contributed by atoms with Crippen LogP contribution in [0.1, 0.15) is 27.4 Å². The van der Waals surface area contributed by atoms with Gasteiger partial charge in [0.1, 0.15) is 0 Å². The molecular weight excluding hydrogens is 402 g/mol. The largest absolute Gasteiger partial charge is 0.317 e. The Morgan fingerprint density at radius 2 is 1.81 bits per heavy atom. The van der Waals surface area contributed by atoms with Crippen molar-refractivity contribution in [2.75, 3.05) is 10.6 Å². The zero-order valence-electron chi connectivity index (χ0n) is 14.4. The maximum Gasteiger partial charge on any atom is 0.267 e. The van der Waals surface area contributed by atoms with Crippen molar-refractivity contribution < 1.29 is 9.59 Å². The number of hydrogen-bond acceptors (Lipinski definition) is 5. The molecule has 2 heterocycles. The number of aryl methyl sites for hydroxylation is 1. The Labute approximate surface area is 169 Å². The number of thiazole rings is 1. The molecule has 0 bridgehead atoms. The van der Waals surface area contributed by atoms with Crippen LogP contribution in [0.2, 0.25) is 5.02 Å². The fourth-order valence-electron chi connectivity index (χ4n) is 2.58. The summed E-state index contributed by atoms with van der Waals surface area (Å²) in [5, 5.41) is 7.60. The van der Waals surface area contributed by atoms with Gasteiger partial charge in [-0.3, -0.25) is 14.9 Å². The molecule has 2 aromatic heterocycles. The van der Waals surface area contributed by atoms with Gasteiger partial charge >= 0.3 is 0 Å². The molecule has 27 heavy (non-hydrogen) atoms. The lowest BCUT2D eigenvalue weighted by Crippen LogP contribution is -2.12. The van der Waals surface area contributed by atoms with Crippen molar-refractivity contribution in [3.63, 3.8) is 0 Å². The molecule has 3 aromatic rings. The third-order valence-electron chi connectivity index (χ3n) is 4.16. The van der Waals surface area contributed by atoms with Crippen LogP contribution < -0.4 is 10.6 Å². The Morgan fingerprint density at radius 3 is 2.52 bits per heavy atom. The number of halogens is 1. The molecular formula is C19H16ClN3O2S2. The first-order valence-electron chi connectivity index (χ1n) is 8.45. The standard InChI is InChI=1S/C19H16ClN3O2S2/c1-10-16(11-4-6-13(20)7-5-11)22-19(26-10)23-18(25)14-8-9-15(27-14)21-17(24)12-2-3-12/h4-9,12H,2-3H2,1H3,(H,21,24)(H,22,23,25). The summed E-state index contributed by atoms with van der Waals surface area (Å²) in [7, 11) is 0. The van der Waals surface area contributed by atoms with E-state index >= 15 is 0 Å². The highest BCUT2D eigenvalue weighted by atomic mass is 35.5. The number of amides is 2. The van der Waals surface area contributed by atoms with Crippen LogP contribution in [0.15, 0.2) is 36.4 Å². The van der Waals surface area contributed by atoms with E-state index < -0.39 is 0 Å². The molecule has 4 rings (SSSR count). The lowest BCUT2D eigenvalue weighted by atomic mass is 10.1. The number of rotatable bonds is 5. The van der Waals surface area contributed by atoms with Gasteiger partial charge in [0, 0.05) is 21.4 Å². The van der Waals surface area contributed by atoms with E-state index in [4.69, 9.17) is 11.6 Å². The normalized spacial score (nSPS) is 13.4. The molecule has 8 heteroatoms. The van der Waals surface area contributed by atoms with Crippen LogP contribution in [0.4, 0.5) is 10.1 Å². The number of nitrogens with one attached hydrogen (secondary N) is 2. The Kier molecular flexibility index (Phi) is 4.99. The maximum absolute atomic E-state index is 12.5. The minimum absolute atomic E-state index is 0.0342. The van der Waals surface area contributed by atoms with Crippen LogP contribution in [0.3, 0.4) is 0 Å². The Morgan fingerprint density at radius 1 is 1.07 bits per heavy atom. The fourth-order valence-corrected chi connectivity index (χ4v) is 4.34. The zero-order chi connectivity index (χ0) is 19.0. The van der Waals surface area contributed by atoms with Crippen molar-refractivity contribution in [1.29, 1.82) is 0 Å². The molecule has 2 amide bonds. The topological polar surface area (TPSA) is 71.1 Å². The monoisotopic (exact) mass is 417 g/mol. The third-order valence-corrected chi connectivity index (χ3v) is 6.30. The van der Waals surface area contributed by atoms with Crippen molar-refractivity contribution in [3.05, 3.63) is 51.2 Å². The van der Waals surface area contributed by atoms with Crippen LogP contribution in [-0.4, -0.2) is 16.8 Å². The molecule has 5 nitrogen and oxygen atoms in total. The minimum atomic E-state index is -0.233. The number of hydrogen-bond donors (Lipinski definition) is 2. The summed E-state index contributed by atoms with van der Waals surface area (Å²) in [6, 6.07) is 10.9. The smallest absolute Gasteiger partial charge is 0.267 e. The second-order valence-corrected chi connectivity index (χ2v) is 9.04. The number of nitrogens with zero attached hydrogens (tertiary/aromatic N) is 1. The summed E-state index contributed by atoms with van der Waals surface area (Å²) in [5.41, 5.74) is 1.78. The highest BCUT2D eigenvalue weighted by Gasteiger charge is 2.30. The highest BCUT2D eigenvalue weighted by Crippen LogP contribution is 2.33. The van der Waals surface area contributed by atoms with Gasteiger partial charge in [-0.05, 0) is 44.0 Å². The van der Waals surface area contributed by atoms with Crippen molar-refractivity contribution >= 4 is 56.2 Å². The number of carbonyl (C=O) groups is 2. The Balaban J connectivity index is 1.45. The number of thiophene rings is 1. The molecule has 2 N–H and O–H groups in total. The molecule has 0 atom stereocenters. The third kappa shape index (κ3) is 4.21.